The second kappa shape index (κ2) is 14.2. The largest absolute Gasteiger partial charge is 0.493 e. The molecule has 0 saturated carbocycles. The highest BCUT2D eigenvalue weighted by Gasteiger charge is 2.34. The molecule has 1 atom stereocenters. The lowest BCUT2D eigenvalue weighted by Crippen LogP contribution is -2.52. The molecule has 41 heavy (non-hydrogen) atoms. The predicted molar refractivity (Wildman–Crippen MR) is 155 cm³/mol. The zero-order valence-corrected chi connectivity index (χ0v) is 24.8. The third-order valence-electron chi connectivity index (χ3n) is 6.37. The van der Waals surface area contributed by atoms with Crippen molar-refractivity contribution in [2.45, 2.75) is 37.8 Å². The Morgan fingerprint density at radius 1 is 0.976 bits per heavy atom. The van der Waals surface area contributed by atoms with Gasteiger partial charge in [-0.05, 0) is 61.4 Å². The fourth-order valence-electron chi connectivity index (χ4n) is 4.26. The molecule has 220 valence electrons. The zero-order valence-electron chi connectivity index (χ0n) is 23.3. The Hall–Kier alpha value is -3.83. The molecular formula is C29H33ClFN3O6S. The maximum absolute atomic E-state index is 14.0. The Morgan fingerprint density at radius 3 is 2.22 bits per heavy atom. The van der Waals surface area contributed by atoms with E-state index in [1.165, 1.54) is 49.5 Å². The molecule has 3 rings (SSSR count). The molecule has 0 aliphatic carbocycles. The van der Waals surface area contributed by atoms with E-state index in [0.29, 0.717) is 22.9 Å². The SMILES string of the molecule is CCNC(=O)[C@H](CC)N(Cc1ccccc1Cl)C(=O)CN(c1ccc(F)cc1)S(=O)(=O)c1ccc(OC)c(OC)c1. The van der Waals surface area contributed by atoms with Crippen molar-refractivity contribution < 1.29 is 31.9 Å². The van der Waals surface area contributed by atoms with Crippen LogP contribution in [0.15, 0.2) is 71.6 Å². The number of carbonyl (C=O) groups is 2. The summed E-state index contributed by atoms with van der Waals surface area (Å²) in [6.45, 7) is 3.14. The van der Waals surface area contributed by atoms with Gasteiger partial charge in [-0.2, -0.15) is 0 Å². The second-order valence-electron chi connectivity index (χ2n) is 8.94. The maximum atomic E-state index is 14.0. The number of nitrogens with one attached hydrogen (secondary N) is 1. The molecule has 0 spiro atoms. The van der Waals surface area contributed by atoms with Crippen LogP contribution in [0.1, 0.15) is 25.8 Å². The molecule has 0 aliphatic rings. The molecule has 0 saturated heterocycles. The molecule has 0 bridgehead atoms. The Morgan fingerprint density at radius 2 is 1.63 bits per heavy atom. The molecule has 0 radical (unpaired) electrons. The van der Waals surface area contributed by atoms with Gasteiger partial charge in [0.1, 0.15) is 18.4 Å². The summed E-state index contributed by atoms with van der Waals surface area (Å²) in [5.74, 6) is -1.13. The van der Waals surface area contributed by atoms with E-state index in [0.717, 1.165) is 16.4 Å². The molecule has 0 fully saturated rings. The number of ether oxygens (including phenoxy) is 2. The average Bonchev–Trinajstić information content (AvgIpc) is 2.96. The predicted octanol–water partition coefficient (Wildman–Crippen LogP) is 4.64. The van der Waals surface area contributed by atoms with Gasteiger partial charge in [0.2, 0.25) is 11.8 Å². The van der Waals surface area contributed by atoms with Crippen LogP contribution in [0.3, 0.4) is 0 Å². The van der Waals surface area contributed by atoms with Gasteiger partial charge >= 0.3 is 0 Å². The number of methoxy groups -OCH3 is 2. The molecule has 0 aromatic heterocycles. The van der Waals surface area contributed by atoms with E-state index in [1.807, 2.05) is 0 Å². The van der Waals surface area contributed by atoms with Gasteiger partial charge in [0.05, 0.1) is 24.8 Å². The van der Waals surface area contributed by atoms with Crippen LogP contribution in [0.25, 0.3) is 0 Å². The number of hydrogen-bond acceptors (Lipinski definition) is 6. The Bertz CT molecular complexity index is 1470. The van der Waals surface area contributed by atoms with Gasteiger partial charge in [-0.3, -0.25) is 13.9 Å². The highest BCUT2D eigenvalue weighted by atomic mass is 35.5. The minimum absolute atomic E-state index is 0.0399. The third kappa shape index (κ3) is 7.47. The van der Waals surface area contributed by atoms with Crippen molar-refractivity contribution in [3.63, 3.8) is 0 Å². The molecule has 0 aliphatic heterocycles. The van der Waals surface area contributed by atoms with Crippen molar-refractivity contribution >= 4 is 39.1 Å². The number of nitrogens with zero attached hydrogens (tertiary/aromatic N) is 2. The summed E-state index contributed by atoms with van der Waals surface area (Å²) in [6.07, 6.45) is 0.265. The van der Waals surface area contributed by atoms with Crippen molar-refractivity contribution in [1.82, 2.24) is 10.2 Å². The van der Waals surface area contributed by atoms with Gasteiger partial charge in [0.15, 0.2) is 11.5 Å². The average molecular weight is 606 g/mol. The number of carbonyl (C=O) groups excluding carboxylic acids is 2. The van der Waals surface area contributed by atoms with Crippen molar-refractivity contribution in [3.8, 4) is 11.5 Å². The molecule has 12 heteroatoms. The van der Waals surface area contributed by atoms with Crippen LogP contribution >= 0.6 is 11.6 Å². The van der Waals surface area contributed by atoms with Gasteiger partial charge in [-0.1, -0.05) is 36.7 Å². The van der Waals surface area contributed by atoms with Gasteiger partial charge in [-0.25, -0.2) is 12.8 Å². The lowest BCUT2D eigenvalue weighted by Gasteiger charge is -2.33. The minimum atomic E-state index is -4.40. The third-order valence-corrected chi connectivity index (χ3v) is 8.51. The Kier molecular flexibility index (Phi) is 11.0. The van der Waals surface area contributed by atoms with Crippen LogP contribution in [-0.2, 0) is 26.2 Å². The first-order chi connectivity index (χ1) is 19.6. The van der Waals surface area contributed by atoms with Crippen molar-refractivity contribution in [3.05, 3.63) is 83.1 Å². The summed E-state index contributed by atoms with van der Waals surface area (Å²) in [6, 6.07) is 14.7. The summed E-state index contributed by atoms with van der Waals surface area (Å²) in [5, 5.41) is 3.13. The van der Waals surface area contributed by atoms with Crippen molar-refractivity contribution in [1.29, 1.82) is 0 Å². The molecule has 0 unspecified atom stereocenters. The molecule has 9 nitrogen and oxygen atoms in total. The fourth-order valence-corrected chi connectivity index (χ4v) is 5.89. The number of hydrogen-bond donors (Lipinski definition) is 1. The van der Waals surface area contributed by atoms with E-state index < -0.39 is 34.3 Å². The van der Waals surface area contributed by atoms with Crippen molar-refractivity contribution in [2.75, 3.05) is 31.6 Å². The molecule has 2 amide bonds. The number of likely N-dealkylation sites (N-methyl/N-ethyl adjacent to an activating group) is 1. The maximum Gasteiger partial charge on any atom is 0.264 e. The highest BCUT2D eigenvalue weighted by Crippen LogP contribution is 2.32. The van der Waals surface area contributed by atoms with Crippen LogP contribution in [0, 0.1) is 5.82 Å². The molecule has 3 aromatic carbocycles. The lowest BCUT2D eigenvalue weighted by atomic mass is 10.1. The van der Waals surface area contributed by atoms with Crippen LogP contribution < -0.4 is 19.1 Å². The van der Waals surface area contributed by atoms with Crippen LogP contribution in [-0.4, -0.2) is 58.5 Å². The quantitative estimate of drug-likeness (QED) is 0.304. The topological polar surface area (TPSA) is 105 Å². The van der Waals surface area contributed by atoms with Gasteiger partial charge in [0.25, 0.3) is 10.0 Å². The summed E-state index contributed by atoms with van der Waals surface area (Å²) in [4.78, 5) is 28.1. The first-order valence-electron chi connectivity index (χ1n) is 12.9. The second-order valence-corrected chi connectivity index (χ2v) is 11.2. The number of rotatable bonds is 13. The van der Waals surface area contributed by atoms with Gasteiger partial charge < -0.3 is 19.7 Å². The first-order valence-corrected chi connectivity index (χ1v) is 14.7. The lowest BCUT2D eigenvalue weighted by molar-refractivity contribution is -0.140. The highest BCUT2D eigenvalue weighted by molar-refractivity contribution is 7.92. The summed E-state index contributed by atoms with van der Waals surface area (Å²) < 4.78 is 53.2. The summed E-state index contributed by atoms with van der Waals surface area (Å²) in [7, 11) is -1.61. The van der Waals surface area contributed by atoms with E-state index in [4.69, 9.17) is 21.1 Å². The normalized spacial score (nSPS) is 11.9. The minimum Gasteiger partial charge on any atom is -0.493 e. The molecular weight excluding hydrogens is 573 g/mol. The van der Waals surface area contributed by atoms with Crippen LogP contribution in [0.5, 0.6) is 11.5 Å². The Labute approximate surface area is 244 Å². The smallest absolute Gasteiger partial charge is 0.264 e. The van der Waals surface area contributed by atoms with Gasteiger partial charge in [-0.15, -0.1) is 0 Å². The number of amides is 2. The monoisotopic (exact) mass is 605 g/mol. The summed E-state index contributed by atoms with van der Waals surface area (Å²) in [5.41, 5.74) is 0.639. The van der Waals surface area contributed by atoms with Gasteiger partial charge in [0, 0.05) is 24.2 Å². The Balaban J connectivity index is 2.10. The first kappa shape index (κ1) is 31.7. The van der Waals surface area contributed by atoms with E-state index in [-0.39, 0.29) is 35.2 Å². The van der Waals surface area contributed by atoms with Crippen LogP contribution in [0.4, 0.5) is 10.1 Å². The number of halogens is 2. The van der Waals surface area contributed by atoms with E-state index in [9.17, 15) is 22.4 Å². The fraction of sp³-hybridized carbons (Fsp3) is 0.310. The van der Waals surface area contributed by atoms with Crippen molar-refractivity contribution in [2.24, 2.45) is 0 Å². The number of benzene rings is 3. The van der Waals surface area contributed by atoms with E-state index in [1.54, 1.807) is 38.1 Å². The number of sulfonamides is 1. The van der Waals surface area contributed by atoms with E-state index >= 15 is 0 Å². The standard InChI is InChI=1S/C29H33ClFN3O6S/c1-5-25(29(36)32-6-2)33(18-20-9-7-8-10-24(20)30)28(35)19-34(22-13-11-21(31)12-14-22)41(37,38)23-15-16-26(39-3)27(17-23)40-4/h7-17,25H,5-6,18-19H2,1-4H3,(H,32,36)/t25-/m0/s1. The number of anilines is 1. The molecule has 0 heterocycles. The molecule has 3 aromatic rings. The van der Waals surface area contributed by atoms with Crippen LogP contribution in [0.2, 0.25) is 5.02 Å². The summed E-state index contributed by atoms with van der Waals surface area (Å²) >= 11 is 6.38. The van der Waals surface area contributed by atoms with E-state index in [2.05, 4.69) is 5.32 Å². The zero-order chi connectivity index (χ0) is 30.2. The molecule has 1 N–H and O–H groups in total.